The van der Waals surface area contributed by atoms with Crippen molar-refractivity contribution in [3.63, 3.8) is 0 Å². The first-order chi connectivity index (χ1) is 23.9. The molecular weight excluding hydrogens is 700 g/mol. The number of ether oxygens (including phenoxy) is 1. The van der Waals surface area contributed by atoms with E-state index in [1.165, 1.54) is 0 Å². The van der Waals surface area contributed by atoms with Crippen LogP contribution >= 0.6 is 0 Å². The van der Waals surface area contributed by atoms with E-state index in [9.17, 15) is 28.8 Å². The summed E-state index contributed by atoms with van der Waals surface area (Å²) in [6.45, 7) is 26.1. The lowest BCUT2D eigenvalue weighted by molar-refractivity contribution is -0.115. The number of hydrogen-bond donors (Lipinski definition) is 12. The van der Waals surface area contributed by atoms with Crippen molar-refractivity contribution >= 4 is 35.4 Å². The molecule has 19 nitrogen and oxygen atoms in total. The largest absolute Gasteiger partial charge is 0.396 e. The first kappa shape index (κ1) is 63.1. The second-order valence-corrected chi connectivity index (χ2v) is 11.3. The molecule has 0 rings (SSSR count). The third-order valence-corrected chi connectivity index (χ3v) is 5.35. The average molecular weight is 765 g/mol. The highest BCUT2D eigenvalue weighted by Crippen LogP contribution is 2.19. The van der Waals surface area contributed by atoms with Gasteiger partial charge in [0, 0.05) is 33.4 Å². The molecule has 0 heterocycles. The molecule has 0 aliphatic rings. The summed E-state index contributed by atoms with van der Waals surface area (Å²) < 4.78 is 5.15. The Labute approximate surface area is 312 Å². The van der Waals surface area contributed by atoms with E-state index in [2.05, 4.69) is 39.5 Å². The molecule has 308 valence electrons. The Morgan fingerprint density at radius 2 is 0.472 bits per heavy atom. The maximum absolute atomic E-state index is 9.82. The highest BCUT2D eigenvalue weighted by Gasteiger charge is 2.32. The van der Waals surface area contributed by atoms with Crippen LogP contribution in [0.2, 0.25) is 0 Å². The van der Waals surface area contributed by atoms with Crippen LogP contribution in [0.1, 0.15) is 41.5 Å². The lowest BCUT2D eigenvalue weighted by Gasteiger charge is -2.31. The number of hydrogen-bond acceptors (Lipinski definition) is 13. The van der Waals surface area contributed by atoms with Gasteiger partial charge in [-0.05, 0) is 41.5 Å². The van der Waals surface area contributed by atoms with Gasteiger partial charge >= 0.3 is 0 Å². The zero-order valence-electron chi connectivity index (χ0n) is 31.9. The van der Waals surface area contributed by atoms with Crippen LogP contribution in [0.25, 0.3) is 0 Å². The van der Waals surface area contributed by atoms with Crippen molar-refractivity contribution in [2.24, 2.45) is 45.2 Å². The van der Waals surface area contributed by atoms with Crippen molar-refractivity contribution in [2.75, 3.05) is 52.9 Å². The molecule has 6 amide bonds. The van der Waals surface area contributed by atoms with Crippen LogP contribution < -0.4 is 34.4 Å². The van der Waals surface area contributed by atoms with Crippen molar-refractivity contribution in [1.82, 2.24) is 0 Å². The monoisotopic (exact) mass is 764 g/mol. The maximum Gasteiger partial charge on any atom is 0.243 e. The molecule has 18 N–H and O–H groups in total. The summed E-state index contributed by atoms with van der Waals surface area (Å²) in [7, 11) is 0. The van der Waals surface area contributed by atoms with Gasteiger partial charge in [-0.2, -0.15) is 0 Å². The fourth-order valence-electron chi connectivity index (χ4n) is 1.06. The maximum atomic E-state index is 9.82. The Bertz CT molecular complexity index is 929. The summed E-state index contributed by atoms with van der Waals surface area (Å²) in [5.41, 5.74) is 28.2. The van der Waals surface area contributed by atoms with Gasteiger partial charge in [-0.3, -0.25) is 28.8 Å². The number of aliphatic hydroxyl groups is 6. The SMILES string of the molecule is C=C(C)C(N)=O.C=C(C)C(N)=O.C=C(C)C(N)=O.C=C(C)C(N)=O.C=C(C)C(N)=O.C=C(C)C(N)=O.OCC(CO)(CO)COCC(CO)(CO)CO. The van der Waals surface area contributed by atoms with Gasteiger partial charge in [-0.1, -0.05) is 39.5 Å². The zero-order chi connectivity index (χ0) is 44.3. The summed E-state index contributed by atoms with van der Waals surface area (Å²) in [5.74, 6) is -2.61. The van der Waals surface area contributed by atoms with Gasteiger partial charge in [0.15, 0.2) is 0 Å². The van der Waals surface area contributed by atoms with E-state index in [1.807, 2.05) is 0 Å². The van der Waals surface area contributed by atoms with Crippen LogP contribution in [0.5, 0.6) is 0 Å². The molecule has 0 aliphatic heterocycles. The Hall–Kier alpha value is -5.02. The zero-order valence-corrected chi connectivity index (χ0v) is 31.9. The molecule has 0 saturated carbocycles. The van der Waals surface area contributed by atoms with Crippen LogP contribution in [0, 0.1) is 10.8 Å². The number of rotatable bonds is 16. The van der Waals surface area contributed by atoms with Gasteiger partial charge in [0.05, 0.1) is 63.7 Å². The minimum Gasteiger partial charge on any atom is -0.396 e. The lowest BCUT2D eigenvalue weighted by Crippen LogP contribution is -2.43. The Balaban J connectivity index is -0.0000000996. The van der Waals surface area contributed by atoms with Gasteiger partial charge in [0.1, 0.15) is 0 Å². The lowest BCUT2D eigenvalue weighted by atomic mass is 9.91. The molecule has 0 atom stereocenters. The molecular formula is C34H64N6O13. The highest BCUT2D eigenvalue weighted by atomic mass is 16.5. The number of primary amides is 6. The minimum atomic E-state index is -1.16. The first-order valence-corrected chi connectivity index (χ1v) is 14.9. The van der Waals surface area contributed by atoms with Crippen molar-refractivity contribution in [3.8, 4) is 0 Å². The summed E-state index contributed by atoms with van der Waals surface area (Å²) in [6, 6.07) is 0. The molecule has 0 saturated heterocycles. The van der Waals surface area contributed by atoms with E-state index in [0.29, 0.717) is 33.4 Å². The van der Waals surface area contributed by atoms with Gasteiger partial charge in [0.2, 0.25) is 35.4 Å². The Morgan fingerprint density at radius 1 is 0.377 bits per heavy atom. The summed E-state index contributed by atoms with van der Waals surface area (Å²) in [4.78, 5) is 58.9. The van der Waals surface area contributed by atoms with Gasteiger partial charge in [-0.25, -0.2) is 0 Å². The van der Waals surface area contributed by atoms with Crippen LogP contribution in [-0.2, 0) is 33.5 Å². The van der Waals surface area contributed by atoms with Crippen molar-refractivity contribution < 1.29 is 64.1 Å². The number of carbonyl (C=O) groups excluding carboxylic acids is 6. The number of aliphatic hydroxyl groups excluding tert-OH is 6. The number of amides is 6. The van der Waals surface area contributed by atoms with Crippen molar-refractivity contribution in [1.29, 1.82) is 0 Å². The molecule has 0 fully saturated rings. The third-order valence-electron chi connectivity index (χ3n) is 5.35. The predicted octanol–water partition coefficient (Wildman–Crippen LogP) is -2.78. The van der Waals surface area contributed by atoms with E-state index in [0.717, 1.165) is 0 Å². The summed E-state index contributed by atoms with van der Waals surface area (Å²) in [5, 5.41) is 54.2. The molecule has 0 aromatic heterocycles. The van der Waals surface area contributed by atoms with Gasteiger partial charge in [0.25, 0.3) is 0 Å². The Kier molecular flexibility index (Phi) is 43.7. The van der Waals surface area contributed by atoms with E-state index in [1.54, 1.807) is 41.5 Å². The molecule has 0 aromatic carbocycles. The van der Waals surface area contributed by atoms with Crippen LogP contribution in [0.15, 0.2) is 72.9 Å². The summed E-state index contributed by atoms with van der Waals surface area (Å²) in [6.07, 6.45) is 0. The first-order valence-electron chi connectivity index (χ1n) is 14.9. The van der Waals surface area contributed by atoms with Gasteiger partial charge in [-0.15, -0.1) is 0 Å². The van der Waals surface area contributed by atoms with E-state index in [4.69, 9.17) is 69.8 Å². The molecule has 0 spiro atoms. The fraction of sp³-hybridized carbons (Fsp3) is 0.471. The van der Waals surface area contributed by atoms with E-state index >= 15 is 0 Å². The Morgan fingerprint density at radius 3 is 0.528 bits per heavy atom. The second kappa shape index (κ2) is 36.8. The molecule has 0 unspecified atom stereocenters. The van der Waals surface area contributed by atoms with Gasteiger partial charge < -0.3 is 69.8 Å². The van der Waals surface area contributed by atoms with Crippen molar-refractivity contribution in [3.05, 3.63) is 72.9 Å². The minimum absolute atomic E-state index is 0.141. The topological polar surface area (TPSA) is 389 Å². The normalized spacial score (nSPS) is 9.28. The number of carbonyl (C=O) groups is 6. The van der Waals surface area contributed by atoms with E-state index in [-0.39, 0.29) is 13.2 Å². The average Bonchev–Trinajstić information content (AvgIpc) is 3.07. The third kappa shape index (κ3) is 47.0. The number of nitrogens with two attached hydrogens (primary N) is 6. The second-order valence-electron chi connectivity index (χ2n) is 11.3. The molecule has 53 heavy (non-hydrogen) atoms. The fourth-order valence-corrected chi connectivity index (χ4v) is 1.06. The molecule has 0 aromatic rings. The van der Waals surface area contributed by atoms with Crippen LogP contribution in [-0.4, -0.2) is 119 Å². The van der Waals surface area contributed by atoms with Crippen LogP contribution in [0.4, 0.5) is 0 Å². The molecule has 0 bridgehead atoms. The van der Waals surface area contributed by atoms with Crippen molar-refractivity contribution in [2.45, 2.75) is 41.5 Å². The standard InChI is InChI=1S/C10H22O7.6C4H7NO/c11-1-9(2-12,3-13)7-17-8-10(4-14,5-15)6-16;6*1-3(2)4(5)6/h11-16H,1-8H2;6*1H2,2H3,(H2,5,6). The van der Waals surface area contributed by atoms with E-state index < -0.39 is 85.9 Å². The highest BCUT2D eigenvalue weighted by molar-refractivity contribution is 5.92. The predicted molar refractivity (Wildman–Crippen MR) is 202 cm³/mol. The quantitative estimate of drug-likeness (QED) is 0.0709. The van der Waals surface area contributed by atoms with Crippen LogP contribution in [0.3, 0.4) is 0 Å². The molecule has 0 aliphatic carbocycles. The molecule has 19 heteroatoms. The molecule has 0 radical (unpaired) electrons. The smallest absolute Gasteiger partial charge is 0.243 e. The summed E-state index contributed by atoms with van der Waals surface area (Å²) >= 11 is 0.